The highest BCUT2D eigenvalue weighted by molar-refractivity contribution is 5.40. The summed E-state index contributed by atoms with van der Waals surface area (Å²) in [6.07, 6.45) is 6.61. The molecule has 1 aromatic rings. The molecule has 1 aliphatic carbocycles. The Balaban J connectivity index is 1.43. The van der Waals surface area contributed by atoms with Crippen LogP contribution in [-0.2, 0) is 6.42 Å². The van der Waals surface area contributed by atoms with E-state index >= 15 is 0 Å². The maximum absolute atomic E-state index is 3.84. The largest absolute Gasteiger partial charge is 0.313 e. The molecule has 1 heterocycles. The zero-order valence-electron chi connectivity index (χ0n) is 12.8. The van der Waals surface area contributed by atoms with Crippen LogP contribution in [0.1, 0.15) is 49.7 Å². The molecule has 110 valence electrons. The minimum absolute atomic E-state index is 0.740. The molecule has 0 radical (unpaired) electrons. The topological polar surface area (TPSA) is 15.3 Å². The Morgan fingerprint density at radius 3 is 2.95 bits per heavy atom. The molecule has 20 heavy (non-hydrogen) atoms. The highest BCUT2D eigenvalue weighted by Crippen LogP contribution is 2.34. The smallest absolute Gasteiger partial charge is 0.00799 e. The molecule has 1 aliphatic heterocycles. The Hall–Kier alpha value is -0.860. The van der Waals surface area contributed by atoms with E-state index < -0.39 is 0 Å². The van der Waals surface area contributed by atoms with E-state index in [1.54, 1.807) is 11.1 Å². The molecule has 1 fully saturated rings. The molecule has 0 amide bonds. The first-order valence-electron chi connectivity index (χ1n) is 8.40. The summed E-state index contributed by atoms with van der Waals surface area (Å²) < 4.78 is 0. The number of hydrogen-bond acceptors (Lipinski definition) is 2. The molecule has 2 atom stereocenters. The van der Waals surface area contributed by atoms with Crippen LogP contribution >= 0.6 is 0 Å². The fraction of sp³-hybridized carbons (Fsp3) is 0.667. The summed E-state index contributed by atoms with van der Waals surface area (Å²) in [5.41, 5.74) is 3.15. The Morgan fingerprint density at radius 1 is 1.20 bits per heavy atom. The van der Waals surface area contributed by atoms with Crippen LogP contribution in [0.5, 0.6) is 0 Å². The first-order chi connectivity index (χ1) is 9.86. The van der Waals surface area contributed by atoms with Crippen LogP contribution in [0.25, 0.3) is 0 Å². The van der Waals surface area contributed by atoms with Crippen molar-refractivity contribution in [3.63, 3.8) is 0 Å². The van der Waals surface area contributed by atoms with Crippen molar-refractivity contribution >= 4 is 0 Å². The van der Waals surface area contributed by atoms with Crippen LogP contribution in [0.15, 0.2) is 24.3 Å². The molecular formula is C18H28N2. The van der Waals surface area contributed by atoms with Crippen LogP contribution < -0.4 is 5.32 Å². The number of nitrogens with zero attached hydrogens (tertiary/aromatic N) is 1. The van der Waals surface area contributed by atoms with Gasteiger partial charge in [-0.1, -0.05) is 31.2 Å². The molecule has 2 heteroatoms. The van der Waals surface area contributed by atoms with Gasteiger partial charge in [0.1, 0.15) is 0 Å². The van der Waals surface area contributed by atoms with Gasteiger partial charge in [-0.3, -0.25) is 0 Å². The van der Waals surface area contributed by atoms with E-state index in [2.05, 4.69) is 41.4 Å². The van der Waals surface area contributed by atoms with Crippen molar-refractivity contribution in [2.45, 2.75) is 51.0 Å². The Morgan fingerprint density at radius 2 is 2.10 bits per heavy atom. The lowest BCUT2D eigenvalue weighted by Crippen LogP contribution is -2.36. The summed E-state index contributed by atoms with van der Waals surface area (Å²) in [5.74, 6) is 0.765. The molecule has 2 aliphatic rings. The lowest BCUT2D eigenvalue weighted by Gasteiger charge is -2.31. The third kappa shape index (κ3) is 3.24. The number of likely N-dealkylation sites (tertiary alicyclic amines) is 1. The van der Waals surface area contributed by atoms with Crippen molar-refractivity contribution in [1.29, 1.82) is 0 Å². The predicted molar refractivity (Wildman–Crippen MR) is 85.3 cm³/mol. The van der Waals surface area contributed by atoms with Crippen molar-refractivity contribution < 1.29 is 0 Å². The monoisotopic (exact) mass is 272 g/mol. The van der Waals surface area contributed by atoms with E-state index in [0.29, 0.717) is 0 Å². The molecule has 1 saturated heterocycles. The summed E-state index contributed by atoms with van der Waals surface area (Å²) in [5, 5.41) is 3.84. The van der Waals surface area contributed by atoms with Gasteiger partial charge < -0.3 is 10.2 Å². The Bertz CT molecular complexity index is 429. The van der Waals surface area contributed by atoms with Gasteiger partial charge in [0.15, 0.2) is 0 Å². The molecule has 0 spiro atoms. The second-order valence-electron chi connectivity index (χ2n) is 6.48. The number of rotatable bonds is 5. The van der Waals surface area contributed by atoms with Gasteiger partial charge in [0, 0.05) is 18.5 Å². The highest BCUT2D eigenvalue weighted by Gasteiger charge is 2.26. The maximum atomic E-state index is 3.84. The molecule has 0 saturated carbocycles. The molecular weight excluding hydrogens is 244 g/mol. The fourth-order valence-corrected chi connectivity index (χ4v) is 3.75. The Labute approximate surface area is 123 Å². The van der Waals surface area contributed by atoms with E-state index in [4.69, 9.17) is 0 Å². The van der Waals surface area contributed by atoms with Crippen molar-refractivity contribution in [3.8, 4) is 0 Å². The summed E-state index contributed by atoms with van der Waals surface area (Å²) in [7, 11) is 0. The summed E-state index contributed by atoms with van der Waals surface area (Å²) in [6.45, 7) is 7.33. The number of benzene rings is 1. The zero-order valence-corrected chi connectivity index (χ0v) is 12.8. The molecule has 0 bridgehead atoms. The van der Waals surface area contributed by atoms with Crippen LogP contribution in [0.4, 0.5) is 0 Å². The molecule has 1 aromatic carbocycles. The standard InChI is InChI=1S/C18H28N2/c1-2-10-20-11-5-7-17(9-12-20)19-14-16-13-15-6-3-4-8-18(15)16/h3-4,6,8,16-17,19H,2,5,7,9-14H2,1H3. The number of fused-ring (bicyclic) bond motifs is 1. The molecule has 0 aromatic heterocycles. The number of hydrogen-bond donors (Lipinski definition) is 1. The normalized spacial score (nSPS) is 26.6. The molecule has 1 N–H and O–H groups in total. The van der Waals surface area contributed by atoms with Crippen LogP contribution in [0.2, 0.25) is 0 Å². The molecule has 3 rings (SSSR count). The van der Waals surface area contributed by atoms with E-state index in [1.165, 1.54) is 58.3 Å². The number of nitrogens with one attached hydrogen (secondary N) is 1. The lowest BCUT2D eigenvalue weighted by atomic mass is 9.77. The predicted octanol–water partition coefficient (Wildman–Crippen LogP) is 3.18. The SMILES string of the molecule is CCCN1CCCC(NCC2Cc3ccccc32)CC1. The quantitative estimate of drug-likeness (QED) is 0.885. The fourth-order valence-electron chi connectivity index (χ4n) is 3.75. The van der Waals surface area contributed by atoms with Gasteiger partial charge in [-0.2, -0.15) is 0 Å². The van der Waals surface area contributed by atoms with Crippen molar-refractivity contribution in [1.82, 2.24) is 10.2 Å². The zero-order chi connectivity index (χ0) is 13.8. The first-order valence-corrected chi connectivity index (χ1v) is 8.40. The first kappa shape index (κ1) is 14.1. The lowest BCUT2D eigenvalue weighted by molar-refractivity contribution is 0.282. The van der Waals surface area contributed by atoms with Gasteiger partial charge in [-0.15, -0.1) is 0 Å². The van der Waals surface area contributed by atoms with Gasteiger partial charge >= 0.3 is 0 Å². The van der Waals surface area contributed by atoms with Crippen LogP contribution in [0.3, 0.4) is 0 Å². The van der Waals surface area contributed by atoms with E-state index in [9.17, 15) is 0 Å². The maximum Gasteiger partial charge on any atom is 0.00799 e. The van der Waals surface area contributed by atoms with Gasteiger partial charge in [0.05, 0.1) is 0 Å². The van der Waals surface area contributed by atoms with Crippen molar-refractivity contribution in [2.24, 2.45) is 0 Å². The van der Waals surface area contributed by atoms with Gasteiger partial charge in [-0.25, -0.2) is 0 Å². The molecule has 2 nitrogen and oxygen atoms in total. The second-order valence-corrected chi connectivity index (χ2v) is 6.48. The van der Waals surface area contributed by atoms with E-state index in [1.807, 2.05) is 0 Å². The third-order valence-electron chi connectivity index (χ3n) is 4.97. The second kappa shape index (κ2) is 6.73. The van der Waals surface area contributed by atoms with Crippen molar-refractivity contribution in [3.05, 3.63) is 35.4 Å². The molecule has 2 unspecified atom stereocenters. The van der Waals surface area contributed by atoms with Gasteiger partial charge in [0.25, 0.3) is 0 Å². The van der Waals surface area contributed by atoms with E-state index in [-0.39, 0.29) is 0 Å². The Kier molecular flexibility index (Phi) is 4.74. The van der Waals surface area contributed by atoms with Crippen LogP contribution in [0, 0.1) is 0 Å². The minimum Gasteiger partial charge on any atom is -0.313 e. The van der Waals surface area contributed by atoms with Gasteiger partial charge in [0.2, 0.25) is 0 Å². The summed E-state index contributed by atoms with van der Waals surface area (Å²) in [6, 6.07) is 9.67. The minimum atomic E-state index is 0.740. The third-order valence-corrected chi connectivity index (χ3v) is 4.97. The van der Waals surface area contributed by atoms with E-state index in [0.717, 1.165) is 12.0 Å². The highest BCUT2D eigenvalue weighted by atomic mass is 15.1. The average molecular weight is 272 g/mol. The summed E-state index contributed by atoms with van der Waals surface area (Å²) in [4.78, 5) is 2.64. The van der Waals surface area contributed by atoms with Crippen LogP contribution in [-0.4, -0.2) is 37.1 Å². The summed E-state index contributed by atoms with van der Waals surface area (Å²) >= 11 is 0. The van der Waals surface area contributed by atoms with Gasteiger partial charge in [-0.05, 0) is 62.9 Å². The average Bonchev–Trinajstić information content (AvgIpc) is 2.66. The van der Waals surface area contributed by atoms with Crippen molar-refractivity contribution in [2.75, 3.05) is 26.2 Å².